The largest absolute Gasteiger partial charge is 0.481 e. The molecule has 0 bridgehead atoms. The van der Waals surface area contributed by atoms with Crippen molar-refractivity contribution in [2.75, 3.05) is 13.2 Å². The molecule has 0 aromatic rings. The molecule has 14 heavy (non-hydrogen) atoms. The zero-order chi connectivity index (χ0) is 10.8. The number of hydrogen-bond acceptors (Lipinski definition) is 3. The van der Waals surface area contributed by atoms with Crippen LogP contribution in [-0.4, -0.2) is 36.4 Å². The van der Waals surface area contributed by atoms with Crippen LogP contribution in [0.2, 0.25) is 0 Å². The van der Waals surface area contributed by atoms with Crippen LogP contribution < -0.4 is 5.32 Å². The van der Waals surface area contributed by atoms with Gasteiger partial charge >= 0.3 is 5.97 Å². The van der Waals surface area contributed by atoms with Gasteiger partial charge in [0.25, 0.3) is 0 Å². The zero-order valence-corrected chi connectivity index (χ0v) is 9.04. The second-order valence-corrected chi connectivity index (χ2v) is 4.54. The molecule has 0 aromatic carbocycles. The SMILES string of the molecule is CC1OCCC1NCC(C)(C)C(=O)O. The summed E-state index contributed by atoms with van der Waals surface area (Å²) >= 11 is 0. The van der Waals surface area contributed by atoms with Crippen molar-refractivity contribution < 1.29 is 14.6 Å². The summed E-state index contributed by atoms with van der Waals surface area (Å²) in [7, 11) is 0. The molecule has 0 amide bonds. The van der Waals surface area contributed by atoms with Gasteiger partial charge in [0, 0.05) is 19.2 Å². The quantitative estimate of drug-likeness (QED) is 0.708. The van der Waals surface area contributed by atoms with Gasteiger partial charge in [-0.1, -0.05) is 0 Å². The highest BCUT2D eigenvalue weighted by Crippen LogP contribution is 2.17. The summed E-state index contributed by atoms with van der Waals surface area (Å²) in [5.41, 5.74) is -0.706. The Morgan fingerprint density at radius 2 is 2.29 bits per heavy atom. The number of carboxylic acids is 1. The van der Waals surface area contributed by atoms with E-state index in [-0.39, 0.29) is 6.10 Å². The molecule has 4 heteroatoms. The molecule has 0 aliphatic carbocycles. The zero-order valence-electron chi connectivity index (χ0n) is 9.04. The second kappa shape index (κ2) is 4.28. The molecule has 2 atom stereocenters. The Hall–Kier alpha value is -0.610. The first-order valence-electron chi connectivity index (χ1n) is 5.02. The summed E-state index contributed by atoms with van der Waals surface area (Å²) in [4.78, 5) is 10.8. The Bertz CT molecular complexity index is 215. The molecule has 2 N–H and O–H groups in total. The van der Waals surface area contributed by atoms with Crippen LogP contribution in [-0.2, 0) is 9.53 Å². The van der Waals surface area contributed by atoms with Gasteiger partial charge in [-0.25, -0.2) is 0 Å². The van der Waals surface area contributed by atoms with Crippen molar-refractivity contribution in [3.63, 3.8) is 0 Å². The molecule has 0 saturated carbocycles. The third-order valence-electron chi connectivity index (χ3n) is 2.76. The molecule has 4 nitrogen and oxygen atoms in total. The van der Waals surface area contributed by atoms with Crippen molar-refractivity contribution in [1.29, 1.82) is 0 Å². The predicted molar refractivity (Wildman–Crippen MR) is 53.2 cm³/mol. The molecule has 1 aliphatic heterocycles. The molecule has 1 saturated heterocycles. The lowest BCUT2D eigenvalue weighted by atomic mass is 9.93. The number of aliphatic carboxylic acids is 1. The van der Waals surface area contributed by atoms with Crippen LogP contribution in [0.25, 0.3) is 0 Å². The van der Waals surface area contributed by atoms with Crippen LogP contribution >= 0.6 is 0 Å². The Morgan fingerprint density at radius 1 is 1.64 bits per heavy atom. The fraction of sp³-hybridized carbons (Fsp3) is 0.900. The van der Waals surface area contributed by atoms with Crippen molar-refractivity contribution in [2.45, 2.75) is 39.3 Å². The topological polar surface area (TPSA) is 58.6 Å². The van der Waals surface area contributed by atoms with E-state index in [9.17, 15) is 4.79 Å². The third-order valence-corrected chi connectivity index (χ3v) is 2.76. The summed E-state index contributed by atoms with van der Waals surface area (Å²) in [5.74, 6) is -0.767. The van der Waals surface area contributed by atoms with Crippen molar-refractivity contribution in [3.8, 4) is 0 Å². The summed E-state index contributed by atoms with van der Waals surface area (Å²) in [5, 5.41) is 12.2. The number of nitrogens with one attached hydrogen (secondary N) is 1. The normalized spacial score (nSPS) is 27.9. The fourth-order valence-electron chi connectivity index (χ4n) is 1.46. The van der Waals surface area contributed by atoms with Crippen LogP contribution in [0.15, 0.2) is 0 Å². The van der Waals surface area contributed by atoms with E-state index in [2.05, 4.69) is 5.32 Å². The first-order valence-corrected chi connectivity index (χ1v) is 5.02. The molecule has 1 fully saturated rings. The van der Waals surface area contributed by atoms with Gasteiger partial charge in [-0.05, 0) is 27.2 Å². The minimum Gasteiger partial charge on any atom is -0.481 e. The molecule has 2 unspecified atom stereocenters. The Balaban J connectivity index is 2.36. The van der Waals surface area contributed by atoms with Gasteiger partial charge in [0.05, 0.1) is 11.5 Å². The maximum Gasteiger partial charge on any atom is 0.310 e. The van der Waals surface area contributed by atoms with E-state index in [0.717, 1.165) is 13.0 Å². The summed E-state index contributed by atoms with van der Waals surface area (Å²) in [6, 6.07) is 0.300. The van der Waals surface area contributed by atoms with E-state index in [4.69, 9.17) is 9.84 Å². The molecule has 0 radical (unpaired) electrons. The van der Waals surface area contributed by atoms with Gasteiger partial charge in [0.15, 0.2) is 0 Å². The maximum atomic E-state index is 10.8. The molecule has 82 valence electrons. The lowest BCUT2D eigenvalue weighted by molar-refractivity contribution is -0.146. The van der Waals surface area contributed by atoms with Gasteiger partial charge in [0.2, 0.25) is 0 Å². The first-order chi connectivity index (χ1) is 6.43. The molecule has 1 heterocycles. The lowest BCUT2D eigenvalue weighted by Gasteiger charge is -2.23. The third kappa shape index (κ3) is 2.69. The van der Waals surface area contributed by atoms with E-state index >= 15 is 0 Å². The molecule has 0 spiro atoms. The van der Waals surface area contributed by atoms with Crippen molar-refractivity contribution >= 4 is 5.97 Å². The van der Waals surface area contributed by atoms with Crippen LogP contribution in [0, 0.1) is 5.41 Å². The number of ether oxygens (including phenoxy) is 1. The minimum absolute atomic E-state index is 0.194. The van der Waals surface area contributed by atoms with Crippen LogP contribution in [0.4, 0.5) is 0 Å². The minimum atomic E-state index is -0.767. The van der Waals surface area contributed by atoms with Crippen LogP contribution in [0.5, 0.6) is 0 Å². The summed E-state index contributed by atoms with van der Waals surface area (Å²) in [6.07, 6.45) is 1.16. The Labute approximate surface area is 84.6 Å². The van der Waals surface area contributed by atoms with Crippen molar-refractivity contribution in [1.82, 2.24) is 5.32 Å². The predicted octanol–water partition coefficient (Wildman–Crippen LogP) is 0.864. The van der Waals surface area contributed by atoms with Gasteiger partial charge in [-0.15, -0.1) is 0 Å². The van der Waals surface area contributed by atoms with Gasteiger partial charge in [0.1, 0.15) is 0 Å². The van der Waals surface area contributed by atoms with E-state index in [1.807, 2.05) is 6.92 Å². The first kappa shape index (κ1) is 11.5. The molecule has 1 rings (SSSR count). The van der Waals surface area contributed by atoms with E-state index in [0.29, 0.717) is 12.6 Å². The Morgan fingerprint density at radius 3 is 2.71 bits per heavy atom. The van der Waals surface area contributed by atoms with Gasteiger partial charge in [-0.3, -0.25) is 4.79 Å². The maximum absolute atomic E-state index is 10.8. The molecule has 0 aromatic heterocycles. The van der Waals surface area contributed by atoms with E-state index < -0.39 is 11.4 Å². The van der Waals surface area contributed by atoms with E-state index in [1.54, 1.807) is 13.8 Å². The number of hydrogen-bond donors (Lipinski definition) is 2. The van der Waals surface area contributed by atoms with Gasteiger partial charge in [-0.2, -0.15) is 0 Å². The van der Waals surface area contributed by atoms with Crippen molar-refractivity contribution in [3.05, 3.63) is 0 Å². The average molecular weight is 201 g/mol. The number of rotatable bonds is 4. The average Bonchev–Trinajstić information content (AvgIpc) is 2.47. The highest BCUT2D eigenvalue weighted by molar-refractivity contribution is 5.73. The van der Waals surface area contributed by atoms with Crippen LogP contribution in [0.3, 0.4) is 0 Å². The summed E-state index contributed by atoms with van der Waals surface area (Å²) in [6.45, 7) is 6.72. The standard InChI is InChI=1S/C10H19NO3/c1-7-8(4-5-14-7)11-6-10(2,3)9(12)13/h7-8,11H,4-6H2,1-3H3,(H,12,13). The van der Waals surface area contributed by atoms with Crippen molar-refractivity contribution in [2.24, 2.45) is 5.41 Å². The van der Waals surface area contributed by atoms with Crippen LogP contribution in [0.1, 0.15) is 27.2 Å². The Kier molecular flexibility index (Phi) is 3.50. The monoisotopic (exact) mass is 201 g/mol. The molecular weight excluding hydrogens is 182 g/mol. The highest BCUT2D eigenvalue weighted by Gasteiger charge is 2.30. The second-order valence-electron chi connectivity index (χ2n) is 4.54. The van der Waals surface area contributed by atoms with E-state index in [1.165, 1.54) is 0 Å². The lowest BCUT2D eigenvalue weighted by Crippen LogP contribution is -2.43. The summed E-state index contributed by atoms with van der Waals surface area (Å²) < 4.78 is 5.38. The smallest absolute Gasteiger partial charge is 0.310 e. The molecule has 1 aliphatic rings. The number of carbonyl (C=O) groups is 1. The number of carboxylic acid groups (broad SMARTS) is 1. The molecular formula is C10H19NO3. The fourth-order valence-corrected chi connectivity index (χ4v) is 1.46. The highest BCUT2D eigenvalue weighted by atomic mass is 16.5. The van der Waals surface area contributed by atoms with Gasteiger partial charge < -0.3 is 15.2 Å².